The number of nitrogens with one attached hydrogen (secondary N) is 1. The molecular weight excluding hydrogens is 200 g/mol. The van der Waals surface area contributed by atoms with Crippen LogP contribution >= 0.6 is 0 Å². The molecule has 94 valence electrons. The third-order valence-electron chi connectivity index (χ3n) is 4.24. The van der Waals surface area contributed by atoms with E-state index in [0.717, 1.165) is 25.8 Å². The molecule has 2 fully saturated rings. The Morgan fingerprint density at radius 2 is 2.31 bits per heavy atom. The molecule has 2 saturated heterocycles. The smallest absolute Gasteiger partial charge is 0.0647 e. The minimum absolute atomic E-state index is 0.294. The van der Waals surface area contributed by atoms with E-state index in [1.54, 1.807) is 0 Å². The van der Waals surface area contributed by atoms with Crippen molar-refractivity contribution in [3.05, 3.63) is 0 Å². The maximum atomic E-state index is 5.67. The molecule has 0 spiro atoms. The third-order valence-corrected chi connectivity index (χ3v) is 4.24. The second kappa shape index (κ2) is 5.48. The number of nitrogens with zero attached hydrogens (tertiary/aromatic N) is 1. The SMILES string of the molecule is CCC1CCN(C2(C)CCCOC2)CCN1. The van der Waals surface area contributed by atoms with Crippen molar-refractivity contribution in [1.29, 1.82) is 0 Å². The van der Waals surface area contributed by atoms with Crippen LogP contribution in [0.2, 0.25) is 0 Å². The normalized spacial score (nSPS) is 38.2. The summed E-state index contributed by atoms with van der Waals surface area (Å²) in [4.78, 5) is 2.65. The van der Waals surface area contributed by atoms with Crippen LogP contribution < -0.4 is 5.32 Å². The van der Waals surface area contributed by atoms with Crippen LogP contribution in [0.5, 0.6) is 0 Å². The lowest BCUT2D eigenvalue weighted by molar-refractivity contribution is -0.0374. The fraction of sp³-hybridized carbons (Fsp3) is 1.00. The summed E-state index contributed by atoms with van der Waals surface area (Å²) in [5.41, 5.74) is 0.294. The highest BCUT2D eigenvalue weighted by molar-refractivity contribution is 4.90. The first-order valence-electron chi connectivity index (χ1n) is 6.81. The highest BCUT2D eigenvalue weighted by atomic mass is 16.5. The summed E-state index contributed by atoms with van der Waals surface area (Å²) in [6.07, 6.45) is 5.05. The molecule has 0 aliphatic carbocycles. The van der Waals surface area contributed by atoms with Crippen LogP contribution in [0.3, 0.4) is 0 Å². The second-order valence-electron chi connectivity index (χ2n) is 5.49. The van der Waals surface area contributed by atoms with Gasteiger partial charge in [-0.05, 0) is 32.6 Å². The van der Waals surface area contributed by atoms with E-state index in [4.69, 9.17) is 4.74 Å². The zero-order chi connectivity index (χ0) is 11.4. The van der Waals surface area contributed by atoms with Crippen LogP contribution in [0.1, 0.15) is 39.5 Å². The fourth-order valence-electron chi connectivity index (χ4n) is 2.99. The maximum Gasteiger partial charge on any atom is 0.0647 e. The van der Waals surface area contributed by atoms with Gasteiger partial charge in [0.25, 0.3) is 0 Å². The Balaban J connectivity index is 1.92. The Bertz CT molecular complexity index is 214. The van der Waals surface area contributed by atoms with Crippen LogP contribution in [-0.2, 0) is 4.74 Å². The molecule has 3 nitrogen and oxygen atoms in total. The van der Waals surface area contributed by atoms with Crippen molar-refractivity contribution in [2.75, 3.05) is 32.8 Å². The number of hydrogen-bond donors (Lipinski definition) is 1. The van der Waals surface area contributed by atoms with Gasteiger partial charge in [0.05, 0.1) is 6.61 Å². The van der Waals surface area contributed by atoms with Crippen molar-refractivity contribution in [2.45, 2.75) is 51.1 Å². The van der Waals surface area contributed by atoms with E-state index in [2.05, 4.69) is 24.1 Å². The zero-order valence-corrected chi connectivity index (χ0v) is 10.8. The molecule has 0 bridgehead atoms. The van der Waals surface area contributed by atoms with Crippen molar-refractivity contribution >= 4 is 0 Å². The van der Waals surface area contributed by atoms with Gasteiger partial charge in [0.1, 0.15) is 0 Å². The number of rotatable bonds is 2. The van der Waals surface area contributed by atoms with Gasteiger partial charge in [-0.3, -0.25) is 4.90 Å². The molecular formula is C13H26N2O. The second-order valence-corrected chi connectivity index (χ2v) is 5.49. The predicted octanol–water partition coefficient (Wildman–Crippen LogP) is 1.63. The molecule has 2 rings (SSSR count). The van der Waals surface area contributed by atoms with Crippen LogP contribution in [-0.4, -0.2) is 49.3 Å². The first-order chi connectivity index (χ1) is 7.74. The zero-order valence-electron chi connectivity index (χ0n) is 10.8. The minimum Gasteiger partial charge on any atom is -0.380 e. The van der Waals surface area contributed by atoms with E-state index < -0.39 is 0 Å². The van der Waals surface area contributed by atoms with Gasteiger partial charge in [-0.1, -0.05) is 6.92 Å². The van der Waals surface area contributed by atoms with Gasteiger partial charge in [0.2, 0.25) is 0 Å². The van der Waals surface area contributed by atoms with Crippen molar-refractivity contribution in [1.82, 2.24) is 10.2 Å². The maximum absolute atomic E-state index is 5.67. The van der Waals surface area contributed by atoms with Crippen LogP contribution in [0.25, 0.3) is 0 Å². The summed E-state index contributed by atoms with van der Waals surface area (Å²) >= 11 is 0. The minimum atomic E-state index is 0.294. The van der Waals surface area contributed by atoms with E-state index >= 15 is 0 Å². The molecule has 2 aliphatic heterocycles. The third kappa shape index (κ3) is 2.76. The lowest BCUT2D eigenvalue weighted by Gasteiger charge is -2.43. The van der Waals surface area contributed by atoms with Crippen molar-refractivity contribution in [2.24, 2.45) is 0 Å². The summed E-state index contributed by atoms with van der Waals surface area (Å²) in [6.45, 7) is 10.1. The first kappa shape index (κ1) is 12.3. The monoisotopic (exact) mass is 226 g/mol. The molecule has 3 heteroatoms. The van der Waals surface area contributed by atoms with Gasteiger partial charge in [-0.2, -0.15) is 0 Å². The number of ether oxygens (including phenoxy) is 1. The molecule has 0 aromatic carbocycles. The summed E-state index contributed by atoms with van der Waals surface area (Å²) in [7, 11) is 0. The Kier molecular flexibility index (Phi) is 4.22. The Hall–Kier alpha value is -0.120. The van der Waals surface area contributed by atoms with E-state index in [9.17, 15) is 0 Å². The van der Waals surface area contributed by atoms with Crippen molar-refractivity contribution in [3.63, 3.8) is 0 Å². The van der Waals surface area contributed by atoms with E-state index in [0.29, 0.717) is 5.54 Å². The van der Waals surface area contributed by atoms with Gasteiger partial charge in [-0.15, -0.1) is 0 Å². The Morgan fingerprint density at radius 1 is 1.44 bits per heavy atom. The van der Waals surface area contributed by atoms with Gasteiger partial charge in [0.15, 0.2) is 0 Å². The van der Waals surface area contributed by atoms with Gasteiger partial charge in [0, 0.05) is 37.8 Å². The van der Waals surface area contributed by atoms with Gasteiger partial charge >= 0.3 is 0 Å². The topological polar surface area (TPSA) is 24.5 Å². The van der Waals surface area contributed by atoms with Crippen LogP contribution in [0, 0.1) is 0 Å². The van der Waals surface area contributed by atoms with E-state index in [1.165, 1.54) is 38.8 Å². The van der Waals surface area contributed by atoms with Crippen LogP contribution in [0.4, 0.5) is 0 Å². The molecule has 0 saturated carbocycles. The van der Waals surface area contributed by atoms with Gasteiger partial charge < -0.3 is 10.1 Å². The fourth-order valence-corrected chi connectivity index (χ4v) is 2.99. The van der Waals surface area contributed by atoms with Crippen molar-refractivity contribution in [3.8, 4) is 0 Å². The molecule has 1 N–H and O–H groups in total. The Labute approximate surface area is 99.5 Å². The van der Waals surface area contributed by atoms with E-state index in [1.807, 2.05) is 0 Å². The summed E-state index contributed by atoms with van der Waals surface area (Å²) in [5.74, 6) is 0. The highest BCUT2D eigenvalue weighted by Crippen LogP contribution is 2.26. The largest absolute Gasteiger partial charge is 0.380 e. The lowest BCUT2D eigenvalue weighted by Crippen LogP contribution is -2.53. The molecule has 0 aromatic rings. The summed E-state index contributed by atoms with van der Waals surface area (Å²) in [5, 5.41) is 3.64. The Morgan fingerprint density at radius 3 is 3.00 bits per heavy atom. The standard InChI is InChI=1S/C13H26N2O/c1-3-12-5-8-15(9-7-14-12)13(2)6-4-10-16-11-13/h12,14H,3-11H2,1-2H3. The molecule has 2 heterocycles. The predicted molar refractivity (Wildman–Crippen MR) is 66.7 cm³/mol. The number of hydrogen-bond acceptors (Lipinski definition) is 3. The van der Waals surface area contributed by atoms with Gasteiger partial charge in [-0.25, -0.2) is 0 Å². The molecule has 0 aromatic heterocycles. The summed E-state index contributed by atoms with van der Waals surface area (Å²) in [6, 6.07) is 0.720. The average Bonchev–Trinajstić information content (AvgIpc) is 2.55. The molecule has 0 radical (unpaired) electrons. The molecule has 2 unspecified atom stereocenters. The average molecular weight is 226 g/mol. The van der Waals surface area contributed by atoms with Crippen LogP contribution in [0.15, 0.2) is 0 Å². The lowest BCUT2D eigenvalue weighted by atomic mass is 9.92. The highest BCUT2D eigenvalue weighted by Gasteiger charge is 2.34. The van der Waals surface area contributed by atoms with E-state index in [-0.39, 0.29) is 0 Å². The van der Waals surface area contributed by atoms with Crippen molar-refractivity contribution < 1.29 is 4.74 Å². The molecule has 2 aliphatic rings. The quantitative estimate of drug-likeness (QED) is 0.774. The molecule has 0 amide bonds. The first-order valence-corrected chi connectivity index (χ1v) is 6.81. The summed E-state index contributed by atoms with van der Waals surface area (Å²) < 4.78 is 5.67. The molecule has 16 heavy (non-hydrogen) atoms. The molecule has 2 atom stereocenters.